The van der Waals surface area contributed by atoms with Gasteiger partial charge in [0.2, 0.25) is 17.8 Å². The molecule has 200 valence electrons. The van der Waals surface area contributed by atoms with Crippen molar-refractivity contribution in [3.63, 3.8) is 0 Å². The van der Waals surface area contributed by atoms with Crippen molar-refractivity contribution in [3.8, 4) is 0 Å². The Morgan fingerprint density at radius 3 is 2.14 bits per heavy atom. The zero-order valence-corrected chi connectivity index (χ0v) is 20.7. The standard InChI is InChI=1S/C22H38N10O4/c1-24-10-6-2-3-7-11-26-20-30-21(28-16(18(33)34)8-4-5-9-23)32-22(31-20)29-17(19(35)36)12-15-13-25-14-27-15/h13-14,16-17,24H,2-12,23H2,1H3,(H,25,27)(H,33,34)(H,35,36)(H3,26,28,29,30,31,32). The molecule has 0 saturated carbocycles. The van der Waals surface area contributed by atoms with E-state index >= 15 is 0 Å². The first-order valence-electron chi connectivity index (χ1n) is 12.2. The molecule has 9 N–H and O–H groups in total. The number of nitrogens with two attached hydrogens (primary N) is 1. The first-order chi connectivity index (χ1) is 17.4. The van der Waals surface area contributed by atoms with Crippen LogP contribution >= 0.6 is 0 Å². The number of anilines is 3. The zero-order chi connectivity index (χ0) is 26.2. The smallest absolute Gasteiger partial charge is 0.326 e. The van der Waals surface area contributed by atoms with Gasteiger partial charge in [-0.3, -0.25) is 0 Å². The highest BCUT2D eigenvalue weighted by molar-refractivity contribution is 5.77. The molecule has 0 fully saturated rings. The highest BCUT2D eigenvalue weighted by atomic mass is 16.4. The van der Waals surface area contributed by atoms with E-state index in [9.17, 15) is 19.8 Å². The summed E-state index contributed by atoms with van der Waals surface area (Å²) in [6.45, 7) is 2.06. The Morgan fingerprint density at radius 1 is 0.917 bits per heavy atom. The molecule has 2 aromatic rings. The van der Waals surface area contributed by atoms with E-state index in [0.29, 0.717) is 38.0 Å². The first-order valence-corrected chi connectivity index (χ1v) is 12.2. The van der Waals surface area contributed by atoms with E-state index in [1.54, 1.807) is 6.20 Å². The summed E-state index contributed by atoms with van der Waals surface area (Å²) in [5.74, 6) is -1.86. The number of nitrogens with one attached hydrogen (secondary N) is 5. The summed E-state index contributed by atoms with van der Waals surface area (Å²) < 4.78 is 0. The molecule has 0 bridgehead atoms. The highest BCUT2D eigenvalue weighted by Crippen LogP contribution is 2.15. The average molecular weight is 507 g/mol. The fraction of sp³-hybridized carbons (Fsp3) is 0.636. The number of aromatic nitrogens is 5. The molecule has 0 aliphatic carbocycles. The predicted molar refractivity (Wildman–Crippen MR) is 136 cm³/mol. The summed E-state index contributed by atoms with van der Waals surface area (Å²) in [4.78, 5) is 43.2. The van der Waals surface area contributed by atoms with Gasteiger partial charge in [-0.1, -0.05) is 12.8 Å². The van der Waals surface area contributed by atoms with E-state index in [0.717, 1.165) is 32.2 Å². The van der Waals surface area contributed by atoms with Crippen molar-refractivity contribution in [2.45, 2.75) is 63.5 Å². The Bertz CT molecular complexity index is 912. The molecule has 2 rings (SSSR count). The first kappa shape index (κ1) is 28.7. The molecule has 0 aromatic carbocycles. The van der Waals surface area contributed by atoms with Crippen LogP contribution < -0.4 is 27.0 Å². The van der Waals surface area contributed by atoms with Gasteiger partial charge in [-0.15, -0.1) is 0 Å². The normalized spacial score (nSPS) is 12.6. The summed E-state index contributed by atoms with van der Waals surface area (Å²) in [5.41, 5.74) is 6.15. The number of hydrogen-bond donors (Lipinski definition) is 8. The SMILES string of the molecule is CNCCCCCCNc1nc(NC(CCCCN)C(=O)O)nc(NC(Cc2cnc[nH]2)C(=O)O)n1. The monoisotopic (exact) mass is 506 g/mol. The lowest BCUT2D eigenvalue weighted by molar-refractivity contribution is -0.139. The quantitative estimate of drug-likeness (QED) is 0.117. The van der Waals surface area contributed by atoms with Gasteiger partial charge in [0, 0.05) is 24.9 Å². The molecule has 2 aromatic heterocycles. The maximum absolute atomic E-state index is 11.8. The Balaban J connectivity index is 2.14. The third kappa shape index (κ3) is 10.8. The molecule has 0 amide bonds. The molecule has 0 radical (unpaired) electrons. The number of carboxylic acids is 2. The summed E-state index contributed by atoms with van der Waals surface area (Å²) in [7, 11) is 1.93. The van der Waals surface area contributed by atoms with Crippen LogP contribution in [-0.2, 0) is 16.0 Å². The van der Waals surface area contributed by atoms with Crippen LogP contribution in [0.25, 0.3) is 0 Å². The number of hydrogen-bond acceptors (Lipinski definition) is 11. The molecule has 0 saturated heterocycles. The number of H-pyrrole nitrogens is 1. The minimum Gasteiger partial charge on any atom is -0.480 e. The van der Waals surface area contributed by atoms with Gasteiger partial charge >= 0.3 is 11.9 Å². The van der Waals surface area contributed by atoms with Crippen LogP contribution in [0.1, 0.15) is 50.6 Å². The van der Waals surface area contributed by atoms with E-state index in [1.165, 1.54) is 6.33 Å². The van der Waals surface area contributed by atoms with Gasteiger partial charge in [0.1, 0.15) is 12.1 Å². The van der Waals surface area contributed by atoms with Gasteiger partial charge in [0.05, 0.1) is 6.33 Å². The number of rotatable bonds is 20. The summed E-state index contributed by atoms with van der Waals surface area (Å²) >= 11 is 0. The maximum atomic E-state index is 11.8. The zero-order valence-electron chi connectivity index (χ0n) is 20.7. The van der Waals surface area contributed by atoms with Gasteiger partial charge in [-0.05, 0) is 52.2 Å². The van der Waals surface area contributed by atoms with Crippen LogP contribution in [0, 0.1) is 0 Å². The van der Waals surface area contributed by atoms with Crippen molar-refractivity contribution in [2.75, 3.05) is 42.6 Å². The van der Waals surface area contributed by atoms with Crippen molar-refractivity contribution < 1.29 is 19.8 Å². The van der Waals surface area contributed by atoms with Crippen molar-refractivity contribution in [1.82, 2.24) is 30.2 Å². The lowest BCUT2D eigenvalue weighted by Crippen LogP contribution is -2.33. The van der Waals surface area contributed by atoms with Crippen molar-refractivity contribution in [2.24, 2.45) is 5.73 Å². The Morgan fingerprint density at radius 2 is 1.56 bits per heavy atom. The van der Waals surface area contributed by atoms with Crippen molar-refractivity contribution in [1.29, 1.82) is 0 Å². The minimum absolute atomic E-state index is 0.0158. The molecule has 2 heterocycles. The Kier molecular flexibility index (Phi) is 12.9. The van der Waals surface area contributed by atoms with E-state index < -0.39 is 24.0 Å². The second-order valence-electron chi connectivity index (χ2n) is 8.39. The molecule has 2 atom stereocenters. The summed E-state index contributed by atoms with van der Waals surface area (Å²) in [5, 5.41) is 31.2. The van der Waals surface area contributed by atoms with Crippen LogP contribution in [0.15, 0.2) is 12.5 Å². The fourth-order valence-corrected chi connectivity index (χ4v) is 3.44. The molecular weight excluding hydrogens is 468 g/mol. The second kappa shape index (κ2) is 16.2. The third-order valence-electron chi connectivity index (χ3n) is 5.40. The third-order valence-corrected chi connectivity index (χ3v) is 5.40. The second-order valence-corrected chi connectivity index (χ2v) is 8.39. The fourth-order valence-electron chi connectivity index (χ4n) is 3.44. The molecule has 36 heavy (non-hydrogen) atoms. The summed E-state index contributed by atoms with van der Waals surface area (Å²) in [6, 6.07) is -1.97. The molecule has 0 aliphatic rings. The van der Waals surface area contributed by atoms with E-state index in [1.807, 2.05) is 7.05 Å². The van der Waals surface area contributed by atoms with Crippen LogP contribution in [0.4, 0.5) is 17.8 Å². The molecular formula is C22H38N10O4. The number of aromatic amines is 1. The van der Waals surface area contributed by atoms with Gasteiger partial charge in [-0.25, -0.2) is 14.6 Å². The molecule has 0 spiro atoms. The van der Waals surface area contributed by atoms with Crippen LogP contribution in [0.2, 0.25) is 0 Å². The average Bonchev–Trinajstić information content (AvgIpc) is 3.35. The molecule has 14 nitrogen and oxygen atoms in total. The highest BCUT2D eigenvalue weighted by Gasteiger charge is 2.22. The van der Waals surface area contributed by atoms with Gasteiger partial charge in [0.15, 0.2) is 0 Å². The van der Waals surface area contributed by atoms with Gasteiger partial charge < -0.3 is 42.2 Å². The topological polar surface area (TPSA) is 216 Å². The van der Waals surface area contributed by atoms with Crippen molar-refractivity contribution in [3.05, 3.63) is 18.2 Å². The number of imidazole rings is 1. The number of unbranched alkanes of at least 4 members (excludes halogenated alkanes) is 4. The maximum Gasteiger partial charge on any atom is 0.326 e. The van der Waals surface area contributed by atoms with Crippen LogP contribution in [0.3, 0.4) is 0 Å². The number of nitrogens with zero attached hydrogens (tertiary/aromatic N) is 4. The largest absolute Gasteiger partial charge is 0.480 e. The van der Waals surface area contributed by atoms with Gasteiger partial charge in [-0.2, -0.15) is 15.0 Å². The molecule has 2 unspecified atom stereocenters. The lowest BCUT2D eigenvalue weighted by Gasteiger charge is -2.18. The van der Waals surface area contributed by atoms with Crippen LogP contribution in [0.5, 0.6) is 0 Å². The van der Waals surface area contributed by atoms with E-state index in [4.69, 9.17) is 5.73 Å². The summed E-state index contributed by atoms with van der Waals surface area (Å²) in [6.07, 6.45) is 8.92. The lowest BCUT2D eigenvalue weighted by atomic mass is 10.1. The minimum atomic E-state index is -1.10. The molecule has 14 heteroatoms. The predicted octanol–water partition coefficient (Wildman–Crippen LogP) is 0.888. The number of carboxylic acid groups (broad SMARTS) is 2. The van der Waals surface area contributed by atoms with Crippen molar-refractivity contribution >= 4 is 29.8 Å². The van der Waals surface area contributed by atoms with Crippen LogP contribution in [-0.4, -0.2) is 85.8 Å². The number of aliphatic carboxylic acids is 2. The number of carbonyl (C=O) groups is 2. The van der Waals surface area contributed by atoms with Gasteiger partial charge in [0.25, 0.3) is 0 Å². The molecule has 0 aliphatic heterocycles. The Labute approximate surface area is 210 Å². The van der Waals surface area contributed by atoms with E-state index in [-0.39, 0.29) is 24.3 Å². The Hall–Kier alpha value is -3.52. The van der Waals surface area contributed by atoms with E-state index in [2.05, 4.69) is 46.2 Å².